The molecule has 1 atom stereocenters. The summed E-state index contributed by atoms with van der Waals surface area (Å²) in [4.78, 5) is 4.29. The molecule has 104 valence electrons. The zero-order valence-electron chi connectivity index (χ0n) is 11.1. The van der Waals surface area contributed by atoms with Crippen LogP contribution >= 0.6 is 15.9 Å². The second kappa shape index (κ2) is 5.46. The molecule has 0 bridgehead atoms. The first-order chi connectivity index (χ1) is 8.91. The Bertz CT molecular complexity index is 506. The van der Waals surface area contributed by atoms with Gasteiger partial charge in [-0.25, -0.2) is 4.39 Å². The number of amidine groups is 1. The minimum absolute atomic E-state index is 0.135. The van der Waals surface area contributed by atoms with Crippen LogP contribution in [-0.4, -0.2) is 43.5 Å². The van der Waals surface area contributed by atoms with Crippen molar-refractivity contribution in [1.29, 1.82) is 5.41 Å². The van der Waals surface area contributed by atoms with Gasteiger partial charge in [0.15, 0.2) is 5.82 Å². The van der Waals surface area contributed by atoms with Crippen molar-refractivity contribution in [1.82, 2.24) is 4.90 Å². The Morgan fingerprint density at radius 1 is 1.47 bits per heavy atom. The molecule has 0 radical (unpaired) electrons. The summed E-state index contributed by atoms with van der Waals surface area (Å²) in [5, 5.41) is 7.41. The van der Waals surface area contributed by atoms with Crippen LogP contribution < -0.4 is 10.6 Å². The Morgan fingerprint density at radius 2 is 2.16 bits per heavy atom. The number of rotatable bonds is 2. The molecule has 4 nitrogen and oxygen atoms in total. The van der Waals surface area contributed by atoms with Crippen LogP contribution in [0.3, 0.4) is 0 Å². The summed E-state index contributed by atoms with van der Waals surface area (Å²) in [6, 6.07) is 3.78. The highest BCUT2D eigenvalue weighted by Crippen LogP contribution is 2.30. The van der Waals surface area contributed by atoms with E-state index in [-0.39, 0.29) is 16.1 Å². The van der Waals surface area contributed by atoms with Gasteiger partial charge in [0, 0.05) is 31.2 Å². The minimum atomic E-state index is -0.343. The monoisotopic (exact) mass is 328 g/mol. The second-order valence-electron chi connectivity index (χ2n) is 4.95. The highest BCUT2D eigenvalue weighted by Gasteiger charge is 2.24. The Morgan fingerprint density at radius 3 is 2.74 bits per heavy atom. The largest absolute Gasteiger partial charge is 0.384 e. The lowest BCUT2D eigenvalue weighted by atomic mass is 10.1. The SMILES string of the molecule is CC1CN(c2ccc(C(=N)N)c(Br)c2F)CCN1C. The summed E-state index contributed by atoms with van der Waals surface area (Å²) in [7, 11) is 2.08. The van der Waals surface area contributed by atoms with Crippen LogP contribution in [0, 0.1) is 11.2 Å². The molecule has 0 aromatic heterocycles. The number of hydrogen-bond acceptors (Lipinski definition) is 3. The normalized spacial score (nSPS) is 20.6. The fourth-order valence-corrected chi connectivity index (χ4v) is 2.81. The topological polar surface area (TPSA) is 56.4 Å². The first-order valence-corrected chi connectivity index (χ1v) is 6.98. The highest BCUT2D eigenvalue weighted by molar-refractivity contribution is 9.10. The molecule has 1 aromatic carbocycles. The lowest BCUT2D eigenvalue weighted by Gasteiger charge is -2.39. The molecule has 1 unspecified atom stereocenters. The molecule has 1 heterocycles. The Labute approximate surface area is 121 Å². The van der Waals surface area contributed by atoms with Gasteiger partial charge >= 0.3 is 0 Å². The van der Waals surface area contributed by atoms with E-state index in [4.69, 9.17) is 11.1 Å². The van der Waals surface area contributed by atoms with Crippen LogP contribution in [0.25, 0.3) is 0 Å². The highest BCUT2D eigenvalue weighted by atomic mass is 79.9. The number of nitrogens with two attached hydrogens (primary N) is 1. The van der Waals surface area contributed by atoms with E-state index in [0.29, 0.717) is 17.3 Å². The first-order valence-electron chi connectivity index (χ1n) is 6.19. The minimum Gasteiger partial charge on any atom is -0.384 e. The van der Waals surface area contributed by atoms with Gasteiger partial charge < -0.3 is 15.5 Å². The zero-order valence-corrected chi connectivity index (χ0v) is 12.7. The van der Waals surface area contributed by atoms with Crippen LogP contribution in [-0.2, 0) is 0 Å². The molecule has 1 saturated heterocycles. The van der Waals surface area contributed by atoms with Crippen LogP contribution in [0.5, 0.6) is 0 Å². The van der Waals surface area contributed by atoms with Crippen molar-refractivity contribution in [3.8, 4) is 0 Å². The summed E-state index contributed by atoms with van der Waals surface area (Å²) in [6.07, 6.45) is 0. The van der Waals surface area contributed by atoms with E-state index in [2.05, 4.69) is 34.8 Å². The molecular weight excluding hydrogens is 311 g/mol. The molecule has 0 saturated carbocycles. The molecule has 3 N–H and O–H groups in total. The molecule has 0 amide bonds. The molecule has 19 heavy (non-hydrogen) atoms. The van der Waals surface area contributed by atoms with E-state index in [0.717, 1.165) is 19.6 Å². The van der Waals surface area contributed by atoms with Gasteiger partial charge in [0.05, 0.1) is 10.2 Å². The average Bonchev–Trinajstić information content (AvgIpc) is 2.36. The van der Waals surface area contributed by atoms with Crippen LogP contribution in [0.2, 0.25) is 0 Å². The second-order valence-corrected chi connectivity index (χ2v) is 5.74. The van der Waals surface area contributed by atoms with Crippen LogP contribution in [0.15, 0.2) is 16.6 Å². The van der Waals surface area contributed by atoms with Crippen LogP contribution in [0.1, 0.15) is 12.5 Å². The number of nitrogens with one attached hydrogen (secondary N) is 1. The van der Waals surface area contributed by atoms with Crippen molar-refractivity contribution in [3.63, 3.8) is 0 Å². The van der Waals surface area contributed by atoms with Gasteiger partial charge in [-0.1, -0.05) is 0 Å². The summed E-state index contributed by atoms with van der Waals surface area (Å²) in [5.74, 6) is -0.478. The first kappa shape index (κ1) is 14.3. The van der Waals surface area contributed by atoms with E-state index < -0.39 is 0 Å². The van der Waals surface area contributed by atoms with E-state index in [1.165, 1.54) is 0 Å². The molecule has 1 aromatic rings. The van der Waals surface area contributed by atoms with Gasteiger partial charge in [-0.2, -0.15) is 0 Å². The molecule has 1 aliphatic heterocycles. The third-order valence-electron chi connectivity index (χ3n) is 3.65. The van der Waals surface area contributed by atoms with Crippen molar-refractivity contribution in [2.24, 2.45) is 5.73 Å². The predicted octanol–water partition coefficient (Wildman–Crippen LogP) is 2.01. The van der Waals surface area contributed by atoms with Gasteiger partial charge in [0.2, 0.25) is 0 Å². The van der Waals surface area contributed by atoms with Crippen molar-refractivity contribution in [2.45, 2.75) is 13.0 Å². The molecule has 0 spiro atoms. The van der Waals surface area contributed by atoms with Gasteiger partial charge in [-0.05, 0) is 42.0 Å². The number of piperazine rings is 1. The number of hydrogen-bond donors (Lipinski definition) is 2. The fourth-order valence-electron chi connectivity index (χ4n) is 2.26. The van der Waals surface area contributed by atoms with Gasteiger partial charge in [-0.15, -0.1) is 0 Å². The van der Waals surface area contributed by atoms with E-state index in [1.54, 1.807) is 12.1 Å². The summed E-state index contributed by atoms with van der Waals surface area (Å²) in [6.45, 7) is 4.62. The molecule has 0 aliphatic carbocycles. The zero-order chi connectivity index (χ0) is 14.2. The maximum Gasteiger partial charge on any atom is 0.161 e. The van der Waals surface area contributed by atoms with Gasteiger partial charge in [0.25, 0.3) is 0 Å². The molecule has 1 fully saturated rings. The lowest BCUT2D eigenvalue weighted by Crippen LogP contribution is -2.50. The summed E-state index contributed by atoms with van der Waals surface area (Å²) >= 11 is 3.19. The number of benzene rings is 1. The number of halogens is 2. The molecular formula is C13H18BrFN4. The summed E-state index contributed by atoms with van der Waals surface area (Å²) < 4.78 is 14.6. The fraction of sp³-hybridized carbons (Fsp3) is 0.462. The van der Waals surface area contributed by atoms with E-state index >= 15 is 0 Å². The van der Waals surface area contributed by atoms with E-state index in [9.17, 15) is 4.39 Å². The predicted molar refractivity (Wildman–Crippen MR) is 79.4 cm³/mol. The van der Waals surface area contributed by atoms with Crippen molar-refractivity contribution >= 4 is 27.5 Å². The van der Waals surface area contributed by atoms with Gasteiger partial charge in [0.1, 0.15) is 5.84 Å². The van der Waals surface area contributed by atoms with Gasteiger partial charge in [-0.3, -0.25) is 5.41 Å². The quantitative estimate of drug-likeness (QED) is 0.645. The standard InChI is InChI=1S/C13H18BrFN4/c1-8-7-19(6-5-18(8)2)10-4-3-9(13(16)17)11(14)12(10)15/h3-4,8H,5-7H2,1-2H3,(H3,16,17). The maximum atomic E-state index is 14.4. The number of nitrogen functional groups attached to an aromatic ring is 1. The average molecular weight is 329 g/mol. The number of anilines is 1. The van der Waals surface area contributed by atoms with Crippen LogP contribution in [0.4, 0.5) is 10.1 Å². The van der Waals surface area contributed by atoms with E-state index in [1.807, 2.05) is 4.90 Å². The third kappa shape index (κ3) is 2.74. The number of likely N-dealkylation sites (N-methyl/N-ethyl adjacent to an activating group) is 1. The van der Waals surface area contributed by atoms with Crippen molar-refractivity contribution < 1.29 is 4.39 Å². The molecule has 1 aliphatic rings. The van der Waals surface area contributed by atoms with Crippen molar-refractivity contribution in [3.05, 3.63) is 28.0 Å². The number of nitrogens with zero attached hydrogens (tertiary/aromatic N) is 2. The Kier molecular flexibility index (Phi) is 4.10. The molecule has 2 rings (SSSR count). The molecule has 6 heteroatoms. The summed E-state index contributed by atoms with van der Waals surface area (Å²) in [5.41, 5.74) is 6.38. The smallest absolute Gasteiger partial charge is 0.161 e. The Balaban J connectivity index is 2.31. The lowest BCUT2D eigenvalue weighted by molar-refractivity contribution is 0.233. The third-order valence-corrected chi connectivity index (χ3v) is 4.43. The maximum absolute atomic E-state index is 14.4. The van der Waals surface area contributed by atoms with Crippen molar-refractivity contribution in [2.75, 3.05) is 31.6 Å². The Hall–Kier alpha value is -1.14.